The van der Waals surface area contributed by atoms with Crippen LogP contribution in [0.4, 0.5) is 16.2 Å². The van der Waals surface area contributed by atoms with Crippen LogP contribution >= 0.6 is 11.5 Å². The van der Waals surface area contributed by atoms with Crippen LogP contribution in [0.1, 0.15) is 10.5 Å². The number of carbonyl (C=O) groups excluding carboxylic acids is 1. The number of nitrogens with one attached hydrogen (secondary N) is 2. The van der Waals surface area contributed by atoms with Crippen LogP contribution in [0.25, 0.3) is 0 Å². The van der Waals surface area contributed by atoms with Crippen LogP contribution in [0.15, 0.2) is 29.6 Å². The fraction of sp³-hybridized carbons (Fsp3) is 0. The predicted octanol–water partition coefficient (Wildman–Crippen LogP) is 1.88. The highest BCUT2D eigenvalue weighted by Gasteiger charge is 2.08. The second-order valence-corrected chi connectivity index (χ2v) is 3.86. The Morgan fingerprint density at radius 1 is 1.11 bits per heavy atom. The van der Waals surface area contributed by atoms with Crippen molar-refractivity contribution in [3.8, 4) is 0 Å². The average Bonchev–Trinajstić information content (AvgIpc) is 2.84. The molecule has 8 heteroatoms. The van der Waals surface area contributed by atoms with Gasteiger partial charge in [0.05, 0.1) is 0 Å². The number of benzene rings is 1. The number of carboxylic acid groups (broad SMARTS) is 1. The number of hydrogen-bond acceptors (Lipinski definition) is 5. The highest BCUT2D eigenvalue weighted by atomic mass is 32.1. The second kappa shape index (κ2) is 5.23. The molecule has 0 atom stereocenters. The summed E-state index contributed by atoms with van der Waals surface area (Å²) in [5.74, 6) is -0.359. The van der Waals surface area contributed by atoms with Gasteiger partial charge in [-0.25, -0.2) is 4.79 Å². The maximum Gasteiger partial charge on any atom is 0.409 e. The van der Waals surface area contributed by atoms with Gasteiger partial charge in [0.2, 0.25) is 0 Å². The number of amides is 2. The molecule has 92 valence electrons. The normalized spacial score (nSPS) is 9.78. The SMILES string of the molecule is O=C(O)Nc1ccc(NC(=O)c2csnn2)cc1. The monoisotopic (exact) mass is 264 g/mol. The summed E-state index contributed by atoms with van der Waals surface area (Å²) in [4.78, 5) is 22.0. The Hall–Kier alpha value is -2.48. The van der Waals surface area contributed by atoms with Crippen molar-refractivity contribution in [3.63, 3.8) is 0 Å². The van der Waals surface area contributed by atoms with E-state index in [4.69, 9.17) is 5.11 Å². The molecule has 0 bridgehead atoms. The van der Waals surface area contributed by atoms with Gasteiger partial charge in [-0.15, -0.1) is 5.10 Å². The molecule has 3 N–H and O–H groups in total. The summed E-state index contributed by atoms with van der Waals surface area (Å²) < 4.78 is 3.59. The van der Waals surface area contributed by atoms with Gasteiger partial charge in [-0.3, -0.25) is 10.1 Å². The van der Waals surface area contributed by atoms with E-state index in [1.54, 1.807) is 24.3 Å². The van der Waals surface area contributed by atoms with Crippen molar-refractivity contribution in [2.45, 2.75) is 0 Å². The molecule has 2 amide bonds. The van der Waals surface area contributed by atoms with Crippen molar-refractivity contribution >= 4 is 34.9 Å². The highest BCUT2D eigenvalue weighted by Crippen LogP contribution is 2.14. The van der Waals surface area contributed by atoms with E-state index in [-0.39, 0.29) is 11.6 Å². The molecule has 18 heavy (non-hydrogen) atoms. The Balaban J connectivity index is 2.02. The van der Waals surface area contributed by atoms with E-state index in [0.717, 1.165) is 11.5 Å². The summed E-state index contributed by atoms with van der Waals surface area (Å²) in [6.45, 7) is 0. The molecule has 2 rings (SSSR count). The molecule has 2 aromatic rings. The minimum absolute atomic E-state index is 0.243. The zero-order valence-electron chi connectivity index (χ0n) is 8.95. The van der Waals surface area contributed by atoms with Crippen LogP contribution in [-0.2, 0) is 0 Å². The summed E-state index contributed by atoms with van der Waals surface area (Å²) in [5, 5.41) is 18.5. The van der Waals surface area contributed by atoms with Gasteiger partial charge in [-0.1, -0.05) is 4.49 Å². The molecule has 0 aliphatic carbocycles. The van der Waals surface area contributed by atoms with E-state index >= 15 is 0 Å². The summed E-state index contributed by atoms with van der Waals surface area (Å²) in [5.41, 5.74) is 1.22. The molecule has 0 aliphatic rings. The van der Waals surface area contributed by atoms with Crippen LogP contribution in [0.3, 0.4) is 0 Å². The van der Waals surface area contributed by atoms with Crippen molar-refractivity contribution in [1.82, 2.24) is 9.59 Å². The Labute approximate surface area is 106 Å². The molecule has 0 aliphatic heterocycles. The molecular formula is C10H8N4O3S. The molecule has 0 saturated heterocycles. The van der Waals surface area contributed by atoms with Crippen LogP contribution in [0.5, 0.6) is 0 Å². The number of anilines is 2. The zero-order valence-corrected chi connectivity index (χ0v) is 9.77. The first-order valence-electron chi connectivity index (χ1n) is 4.83. The Morgan fingerprint density at radius 2 is 1.72 bits per heavy atom. The zero-order chi connectivity index (χ0) is 13.0. The molecule has 0 unspecified atom stereocenters. The highest BCUT2D eigenvalue weighted by molar-refractivity contribution is 7.03. The lowest BCUT2D eigenvalue weighted by molar-refractivity contribution is 0.102. The van der Waals surface area contributed by atoms with Gasteiger partial charge in [0.25, 0.3) is 5.91 Å². The van der Waals surface area contributed by atoms with Gasteiger partial charge in [0.15, 0.2) is 5.69 Å². The van der Waals surface area contributed by atoms with E-state index in [2.05, 4.69) is 20.2 Å². The fourth-order valence-corrected chi connectivity index (χ4v) is 1.66. The maximum absolute atomic E-state index is 11.6. The van der Waals surface area contributed by atoms with E-state index in [1.807, 2.05) is 0 Å². The first-order chi connectivity index (χ1) is 8.65. The summed E-state index contributed by atoms with van der Waals surface area (Å²) in [6, 6.07) is 6.26. The van der Waals surface area contributed by atoms with Crippen molar-refractivity contribution in [1.29, 1.82) is 0 Å². The smallest absolute Gasteiger partial charge is 0.409 e. The minimum atomic E-state index is -1.14. The molecule has 0 spiro atoms. The lowest BCUT2D eigenvalue weighted by atomic mass is 10.2. The van der Waals surface area contributed by atoms with Crippen LogP contribution < -0.4 is 10.6 Å². The molecule has 0 fully saturated rings. The van der Waals surface area contributed by atoms with Crippen molar-refractivity contribution in [3.05, 3.63) is 35.3 Å². The van der Waals surface area contributed by atoms with Gasteiger partial charge in [0, 0.05) is 16.8 Å². The Kier molecular flexibility index (Phi) is 3.49. The van der Waals surface area contributed by atoms with Crippen molar-refractivity contribution < 1.29 is 14.7 Å². The van der Waals surface area contributed by atoms with E-state index < -0.39 is 6.09 Å². The fourth-order valence-electron chi connectivity index (χ4n) is 1.22. The largest absolute Gasteiger partial charge is 0.465 e. The Bertz CT molecular complexity index is 553. The molecule has 0 radical (unpaired) electrons. The van der Waals surface area contributed by atoms with E-state index in [0.29, 0.717) is 11.4 Å². The first kappa shape index (κ1) is 12.0. The molecule has 7 nitrogen and oxygen atoms in total. The van der Waals surface area contributed by atoms with Crippen molar-refractivity contribution in [2.75, 3.05) is 10.6 Å². The second-order valence-electron chi connectivity index (χ2n) is 3.25. The quantitative estimate of drug-likeness (QED) is 0.785. The Morgan fingerprint density at radius 3 is 2.22 bits per heavy atom. The number of aromatic nitrogens is 2. The van der Waals surface area contributed by atoms with Crippen molar-refractivity contribution in [2.24, 2.45) is 0 Å². The third kappa shape index (κ3) is 3.01. The first-order valence-corrected chi connectivity index (χ1v) is 5.67. The maximum atomic E-state index is 11.6. The number of rotatable bonds is 3. The number of carbonyl (C=O) groups is 2. The van der Waals surface area contributed by atoms with E-state index in [9.17, 15) is 9.59 Å². The molecular weight excluding hydrogens is 256 g/mol. The summed E-state index contributed by atoms with van der Waals surface area (Å²) in [7, 11) is 0. The molecule has 1 aromatic heterocycles. The van der Waals surface area contributed by atoms with Gasteiger partial charge in [0.1, 0.15) is 0 Å². The predicted molar refractivity (Wildman–Crippen MR) is 66.0 cm³/mol. The average molecular weight is 264 g/mol. The number of nitrogens with zero attached hydrogens (tertiary/aromatic N) is 2. The summed E-state index contributed by atoms with van der Waals surface area (Å²) >= 11 is 1.09. The third-order valence-corrected chi connectivity index (χ3v) is 2.49. The van der Waals surface area contributed by atoms with Gasteiger partial charge in [-0.2, -0.15) is 0 Å². The molecule has 1 heterocycles. The molecule has 1 aromatic carbocycles. The topological polar surface area (TPSA) is 104 Å². The lowest BCUT2D eigenvalue weighted by Crippen LogP contribution is -2.12. The third-order valence-electron chi connectivity index (χ3n) is 1.99. The summed E-state index contributed by atoms with van der Waals surface area (Å²) in [6.07, 6.45) is -1.14. The van der Waals surface area contributed by atoms with E-state index in [1.165, 1.54) is 5.38 Å². The standard InChI is InChI=1S/C10H8N4O3S/c15-9(8-5-18-14-13-8)11-6-1-3-7(4-2-6)12-10(16)17/h1-5,12H,(H,11,15)(H,16,17). The molecule has 0 saturated carbocycles. The van der Waals surface area contributed by atoms with Gasteiger partial charge < -0.3 is 10.4 Å². The lowest BCUT2D eigenvalue weighted by Gasteiger charge is -2.04. The number of hydrogen-bond donors (Lipinski definition) is 3. The van der Waals surface area contributed by atoms with Crippen LogP contribution in [-0.4, -0.2) is 26.7 Å². The van der Waals surface area contributed by atoms with Gasteiger partial charge in [-0.05, 0) is 35.8 Å². The van der Waals surface area contributed by atoms with Crippen LogP contribution in [0, 0.1) is 0 Å². The van der Waals surface area contributed by atoms with Crippen LogP contribution in [0.2, 0.25) is 0 Å². The minimum Gasteiger partial charge on any atom is -0.465 e. The van der Waals surface area contributed by atoms with Gasteiger partial charge >= 0.3 is 6.09 Å².